The maximum Gasteiger partial charge on any atom is 0.422 e. The first kappa shape index (κ1) is 79.8. The van der Waals surface area contributed by atoms with E-state index in [-0.39, 0.29) is 55.4 Å². The van der Waals surface area contributed by atoms with Crippen molar-refractivity contribution in [3.8, 4) is 0 Å². The van der Waals surface area contributed by atoms with Crippen molar-refractivity contribution in [2.24, 2.45) is 23.7 Å². The minimum absolute atomic E-state index is 0.0751. The molecule has 0 aliphatic carbocycles. The maximum absolute atomic E-state index is 14.9. The van der Waals surface area contributed by atoms with E-state index in [0.717, 1.165) is 24.5 Å². The monoisotopic (exact) mass is 1340 g/mol. The lowest BCUT2D eigenvalue weighted by molar-refractivity contribution is -0.149. The fourth-order valence-electron chi connectivity index (χ4n) is 10.5. The van der Waals surface area contributed by atoms with E-state index >= 15 is 0 Å². The number of carbonyl (C=O) groups excluding carboxylic acids is 11. The van der Waals surface area contributed by atoms with Crippen molar-refractivity contribution in [1.29, 1.82) is 0 Å². The van der Waals surface area contributed by atoms with Crippen LogP contribution in [0.4, 0.5) is 22.0 Å². The van der Waals surface area contributed by atoms with E-state index < -0.39 is 175 Å². The topological polar surface area (TPSA) is 259 Å². The predicted molar refractivity (Wildman–Crippen MR) is 340 cm³/mol. The zero-order valence-electron chi connectivity index (χ0n) is 57.0. The average Bonchev–Trinajstić information content (AvgIpc) is 1.85. The Morgan fingerprint density at radius 1 is 0.570 bits per heavy atom. The summed E-state index contributed by atoms with van der Waals surface area (Å²) in [7, 11) is 9.37. The summed E-state index contributed by atoms with van der Waals surface area (Å²) in [6.45, 7) is 16.8. The second kappa shape index (κ2) is 34.6. The van der Waals surface area contributed by atoms with Gasteiger partial charge in [-0.3, -0.25) is 52.7 Å². The predicted octanol–water partition coefficient (Wildman–Crippen LogP) is 5.45. The first-order valence-electron chi connectivity index (χ1n) is 31.2. The molecule has 0 bridgehead atoms. The van der Waals surface area contributed by atoms with Gasteiger partial charge >= 0.3 is 6.18 Å². The van der Waals surface area contributed by atoms with Crippen LogP contribution in [0.3, 0.4) is 0 Å². The Hall–Kier alpha value is -7.45. The summed E-state index contributed by atoms with van der Waals surface area (Å²) in [5.41, 5.74) is -3.76. The van der Waals surface area contributed by atoms with Gasteiger partial charge in [0.25, 0.3) is 0 Å². The highest BCUT2D eigenvalue weighted by Crippen LogP contribution is 2.34. The molecule has 0 saturated carbocycles. The average molecular weight is 1340 g/mol. The first-order chi connectivity index (χ1) is 42.9. The zero-order chi connectivity index (χ0) is 71.1. The van der Waals surface area contributed by atoms with Crippen molar-refractivity contribution in [3.05, 3.63) is 69.7 Å². The highest BCUT2D eigenvalue weighted by Gasteiger charge is 2.43. The Morgan fingerprint density at radius 3 is 1.59 bits per heavy atom. The van der Waals surface area contributed by atoms with E-state index in [4.69, 9.17) is 11.6 Å². The van der Waals surface area contributed by atoms with Crippen molar-refractivity contribution in [2.75, 3.05) is 69.0 Å². The van der Waals surface area contributed by atoms with Gasteiger partial charge in [0.15, 0.2) is 0 Å². The number of rotatable bonds is 13. The van der Waals surface area contributed by atoms with Crippen LogP contribution in [0.25, 0.3) is 0 Å². The lowest BCUT2D eigenvalue weighted by Crippen LogP contribution is -2.63. The maximum atomic E-state index is 14.9. The summed E-state index contributed by atoms with van der Waals surface area (Å²) in [6, 6.07) is -1.74. The van der Waals surface area contributed by atoms with Gasteiger partial charge in [-0.2, -0.15) is 13.2 Å². The quantitative estimate of drug-likeness (QED) is 0.183. The normalized spacial score (nSPS) is 23.4. The van der Waals surface area contributed by atoms with Gasteiger partial charge in [0.1, 0.15) is 59.0 Å². The molecular formula is C65H97ClF5N11O11. The van der Waals surface area contributed by atoms with E-state index in [1.54, 1.807) is 58.9 Å². The van der Waals surface area contributed by atoms with Gasteiger partial charge in [-0.25, -0.2) is 8.78 Å². The van der Waals surface area contributed by atoms with Gasteiger partial charge in [-0.05, 0) is 112 Å². The smallest absolute Gasteiger partial charge is 0.343 e. The van der Waals surface area contributed by atoms with E-state index in [0.29, 0.717) is 29.1 Å². The fourth-order valence-corrected chi connectivity index (χ4v) is 10.6. The highest BCUT2D eigenvalue weighted by molar-refractivity contribution is 6.30. The Labute approximate surface area is 548 Å². The van der Waals surface area contributed by atoms with Crippen LogP contribution in [0.2, 0.25) is 5.02 Å². The number of nitrogens with zero attached hydrogens (tertiary/aromatic N) is 7. The molecule has 28 heteroatoms. The lowest BCUT2D eigenvalue weighted by atomic mass is 9.95. The second-order valence-electron chi connectivity index (χ2n) is 26.4. The number of nitrogens with one attached hydrogen (secondary N) is 4. The third kappa shape index (κ3) is 22.6. The molecule has 2 aromatic carbocycles. The standard InChI is InChI=1S/C65H97ClF5N11O11/c1-19-39(8)56-62(92)78(14)34-53(85)76(12)35-54(86)81(17)50(32-41-20-23-43(66)24-21-41)61(91)77(13)33-51(83)72-46(25-22-42-30-44(67)55(45(68)31-42)65(69,70)71)57(87)73-48(27-37(4)5)60(90)82(18)64(10,11)63(93)74-47(26-36(2)3)59(89)79(15)40(9)29-52(84)80(16)49(28-38(6)7)58(88)75-56/h20-21,23-24,30-31,36-40,46-50,56H,19,22,25-29,32-35H2,1-18H3,(H,72,83)(H,73,87)(H,74,93)(H,75,88)/t39?,40-,46+,47+,48+,49+,50+,56+/m1/s1. The van der Waals surface area contributed by atoms with Crippen LogP contribution in [-0.2, 0) is 71.8 Å². The van der Waals surface area contributed by atoms with E-state index in [2.05, 4.69) is 21.3 Å². The molecule has 1 aliphatic heterocycles. The SMILES string of the molecule is CCC(C)[C@@H]1NC(=O)[C@H](CC(C)C)N(C)C(=O)C[C@@H](C)N(C)C(=O)[C@H](CC(C)C)NC(=O)C(C)(C)N(C)C(=O)[C@H](CC(C)C)NC(=O)[C@H](CCc2cc(F)c(C(F)(F)F)c(F)c2)NC(=O)CN(C)C(=O)[C@H](Cc2ccc(Cl)cc2)N(C)C(=O)CN(C)C(=O)CN(C)C1=O. The molecule has 93 heavy (non-hydrogen) atoms. The number of alkyl halides is 3. The Morgan fingerprint density at radius 2 is 1.08 bits per heavy atom. The summed E-state index contributed by atoms with van der Waals surface area (Å²) in [4.78, 5) is 166. The van der Waals surface area contributed by atoms with Gasteiger partial charge < -0.3 is 55.6 Å². The Balaban J connectivity index is 2.26. The van der Waals surface area contributed by atoms with Gasteiger partial charge in [0.05, 0.1) is 19.6 Å². The summed E-state index contributed by atoms with van der Waals surface area (Å²) >= 11 is 6.18. The molecule has 1 fully saturated rings. The number of hydrogen-bond acceptors (Lipinski definition) is 11. The van der Waals surface area contributed by atoms with Gasteiger partial charge in [-0.1, -0.05) is 85.5 Å². The molecular weight excluding hydrogens is 1240 g/mol. The van der Waals surface area contributed by atoms with E-state index in [1.165, 1.54) is 73.0 Å². The Bertz CT molecular complexity index is 2980. The first-order valence-corrected chi connectivity index (χ1v) is 31.6. The fraction of sp³-hybridized carbons (Fsp3) is 0.646. The number of aryl methyl sites for hydroxylation is 1. The summed E-state index contributed by atoms with van der Waals surface area (Å²) in [5.74, 6) is -13.4. The molecule has 0 spiro atoms. The van der Waals surface area contributed by atoms with Crippen LogP contribution in [0.1, 0.15) is 131 Å². The highest BCUT2D eigenvalue weighted by atomic mass is 35.5. The number of likely N-dealkylation sites (N-methyl/N-ethyl adjacent to an activating group) is 7. The minimum atomic E-state index is -5.40. The van der Waals surface area contributed by atoms with Gasteiger partial charge in [0, 0.05) is 73.2 Å². The molecule has 520 valence electrons. The van der Waals surface area contributed by atoms with Crippen LogP contribution < -0.4 is 21.3 Å². The third-order valence-corrected chi connectivity index (χ3v) is 17.3. The number of carbonyl (C=O) groups is 11. The number of halogens is 6. The molecule has 11 amide bonds. The van der Waals surface area contributed by atoms with Crippen LogP contribution in [0.15, 0.2) is 36.4 Å². The summed E-state index contributed by atoms with van der Waals surface area (Å²) in [6.07, 6.45) is -6.33. The minimum Gasteiger partial charge on any atom is -0.343 e. The Kier molecular flexibility index (Phi) is 29.7. The van der Waals surface area contributed by atoms with Crippen molar-refractivity contribution >= 4 is 76.6 Å². The number of benzene rings is 2. The van der Waals surface area contributed by atoms with Crippen LogP contribution in [-0.4, -0.2) is 216 Å². The number of amides is 11. The molecule has 3 rings (SSSR count). The van der Waals surface area contributed by atoms with Crippen molar-refractivity contribution in [2.45, 2.75) is 182 Å². The molecule has 0 aromatic heterocycles. The van der Waals surface area contributed by atoms with Gasteiger partial charge in [-0.15, -0.1) is 0 Å². The summed E-state index contributed by atoms with van der Waals surface area (Å²) < 4.78 is 70.7. The zero-order valence-corrected chi connectivity index (χ0v) is 57.7. The van der Waals surface area contributed by atoms with Crippen LogP contribution in [0, 0.1) is 35.3 Å². The van der Waals surface area contributed by atoms with E-state index in [9.17, 15) is 74.7 Å². The molecule has 1 saturated heterocycles. The number of hydrogen-bond donors (Lipinski definition) is 4. The van der Waals surface area contributed by atoms with E-state index in [1.807, 2.05) is 27.7 Å². The molecule has 8 atom stereocenters. The molecule has 0 radical (unpaired) electrons. The molecule has 22 nitrogen and oxygen atoms in total. The van der Waals surface area contributed by atoms with Gasteiger partial charge in [0.2, 0.25) is 65.0 Å². The third-order valence-electron chi connectivity index (χ3n) is 17.0. The molecule has 4 N–H and O–H groups in total. The molecule has 1 unspecified atom stereocenters. The van der Waals surface area contributed by atoms with Crippen LogP contribution >= 0.6 is 11.6 Å². The van der Waals surface area contributed by atoms with Crippen molar-refractivity contribution < 1.29 is 74.7 Å². The second-order valence-corrected chi connectivity index (χ2v) is 26.8. The van der Waals surface area contributed by atoms with Crippen LogP contribution in [0.5, 0.6) is 0 Å². The lowest BCUT2D eigenvalue weighted by Gasteiger charge is -2.39. The molecule has 2 aromatic rings. The largest absolute Gasteiger partial charge is 0.422 e. The summed E-state index contributed by atoms with van der Waals surface area (Å²) in [5, 5.41) is 11.1. The van der Waals surface area contributed by atoms with Crippen molar-refractivity contribution in [3.63, 3.8) is 0 Å². The van der Waals surface area contributed by atoms with Crippen molar-refractivity contribution in [1.82, 2.24) is 55.6 Å². The molecule has 1 heterocycles. The molecule has 1 aliphatic rings.